The largest absolute Gasteiger partial charge is 0.458 e. The van der Waals surface area contributed by atoms with E-state index in [0.29, 0.717) is 23.7 Å². The first kappa shape index (κ1) is 18.7. The molecule has 3 rings (SSSR count). The van der Waals surface area contributed by atoms with Gasteiger partial charge in [0.2, 0.25) is 0 Å². The molecule has 2 aromatic carbocycles. The van der Waals surface area contributed by atoms with Crippen LogP contribution < -0.4 is 5.32 Å². The Hall–Kier alpha value is -2.09. The van der Waals surface area contributed by atoms with Crippen molar-refractivity contribution in [2.75, 3.05) is 0 Å². The average Bonchev–Trinajstić information content (AvgIpc) is 3.01. The Labute approximate surface area is 153 Å². The molecule has 1 aliphatic heterocycles. The summed E-state index contributed by atoms with van der Waals surface area (Å²) in [5, 5.41) is 16.8. The maximum atomic E-state index is 12.7. The lowest BCUT2D eigenvalue weighted by atomic mass is 10.0. The maximum absolute atomic E-state index is 12.7. The standard InChI is InChI=1S/C18H16ClF3N2O2/c19-15-7-3-13(4-8-15)11-23-10-12-1-5-14(6-2-12)16-9-17(25,26-24-16)18(20,21)22/h1-8,23,25H,9-11H2. The molecule has 0 saturated heterocycles. The van der Waals surface area contributed by atoms with Gasteiger partial charge in [-0.3, -0.25) is 0 Å². The van der Waals surface area contributed by atoms with E-state index in [1.165, 1.54) is 0 Å². The average molecular weight is 385 g/mol. The van der Waals surface area contributed by atoms with Crippen molar-refractivity contribution in [1.82, 2.24) is 5.32 Å². The summed E-state index contributed by atoms with van der Waals surface area (Å²) in [6, 6.07) is 14.4. The van der Waals surface area contributed by atoms with Gasteiger partial charge in [0.1, 0.15) is 0 Å². The zero-order chi connectivity index (χ0) is 18.8. The Morgan fingerprint density at radius 2 is 1.58 bits per heavy atom. The third kappa shape index (κ3) is 4.17. The van der Waals surface area contributed by atoms with Crippen LogP contribution in [0.4, 0.5) is 13.2 Å². The van der Waals surface area contributed by atoms with E-state index in [1.807, 2.05) is 24.3 Å². The Bertz CT molecular complexity index is 792. The molecular formula is C18H16ClF3N2O2. The molecule has 0 radical (unpaired) electrons. The molecule has 0 fully saturated rings. The molecule has 1 heterocycles. The molecule has 26 heavy (non-hydrogen) atoms. The third-order valence-electron chi connectivity index (χ3n) is 4.02. The number of hydrogen-bond donors (Lipinski definition) is 2. The molecule has 0 aliphatic carbocycles. The predicted octanol–water partition coefficient (Wildman–Crippen LogP) is 4.01. The van der Waals surface area contributed by atoms with Gasteiger partial charge in [-0.1, -0.05) is 53.2 Å². The molecule has 1 aliphatic rings. The molecule has 2 N–H and O–H groups in total. The zero-order valence-electron chi connectivity index (χ0n) is 13.6. The van der Waals surface area contributed by atoms with Crippen LogP contribution in [0.15, 0.2) is 53.7 Å². The van der Waals surface area contributed by atoms with Crippen LogP contribution in [0.1, 0.15) is 23.1 Å². The van der Waals surface area contributed by atoms with E-state index < -0.39 is 18.4 Å². The number of halogens is 4. The SMILES string of the molecule is OC1(C(F)(F)F)CC(c2ccc(CNCc3ccc(Cl)cc3)cc2)=NO1. The molecule has 1 unspecified atom stereocenters. The summed E-state index contributed by atoms with van der Waals surface area (Å²) in [4.78, 5) is 4.22. The van der Waals surface area contributed by atoms with Crippen LogP contribution in [0.3, 0.4) is 0 Å². The summed E-state index contributed by atoms with van der Waals surface area (Å²) in [6.45, 7) is 1.26. The summed E-state index contributed by atoms with van der Waals surface area (Å²) in [7, 11) is 0. The van der Waals surface area contributed by atoms with Gasteiger partial charge in [0.15, 0.2) is 0 Å². The van der Waals surface area contributed by atoms with Crippen molar-refractivity contribution < 1.29 is 23.1 Å². The summed E-state index contributed by atoms with van der Waals surface area (Å²) in [5.74, 6) is -3.25. The van der Waals surface area contributed by atoms with Gasteiger partial charge in [-0.05, 0) is 28.8 Å². The number of alkyl halides is 3. The van der Waals surface area contributed by atoms with E-state index in [1.54, 1.807) is 24.3 Å². The van der Waals surface area contributed by atoms with Crippen molar-refractivity contribution in [3.63, 3.8) is 0 Å². The first-order chi connectivity index (χ1) is 12.3. The second-order valence-corrected chi connectivity index (χ2v) is 6.45. The van der Waals surface area contributed by atoms with E-state index in [9.17, 15) is 18.3 Å². The highest BCUT2D eigenvalue weighted by molar-refractivity contribution is 6.30. The highest BCUT2D eigenvalue weighted by atomic mass is 35.5. The lowest BCUT2D eigenvalue weighted by Crippen LogP contribution is -2.45. The van der Waals surface area contributed by atoms with Crippen LogP contribution in [0.25, 0.3) is 0 Å². The van der Waals surface area contributed by atoms with Gasteiger partial charge in [-0.15, -0.1) is 0 Å². The van der Waals surface area contributed by atoms with Crippen LogP contribution in [0.2, 0.25) is 5.02 Å². The van der Waals surface area contributed by atoms with Crippen molar-refractivity contribution in [2.24, 2.45) is 5.16 Å². The fourth-order valence-corrected chi connectivity index (χ4v) is 2.62. The maximum Gasteiger partial charge on any atom is 0.458 e. The van der Waals surface area contributed by atoms with Gasteiger partial charge < -0.3 is 15.3 Å². The number of aliphatic hydroxyl groups is 1. The summed E-state index contributed by atoms with van der Waals surface area (Å²) in [5.41, 5.74) is 2.60. The van der Waals surface area contributed by atoms with E-state index in [4.69, 9.17) is 11.6 Å². The number of nitrogens with zero attached hydrogens (tertiary/aromatic N) is 1. The first-order valence-electron chi connectivity index (χ1n) is 7.85. The van der Waals surface area contributed by atoms with Crippen LogP contribution in [-0.4, -0.2) is 22.8 Å². The molecule has 0 bridgehead atoms. The molecule has 138 valence electrons. The van der Waals surface area contributed by atoms with Gasteiger partial charge in [0.05, 0.1) is 12.1 Å². The van der Waals surface area contributed by atoms with E-state index in [-0.39, 0.29) is 5.71 Å². The molecule has 4 nitrogen and oxygen atoms in total. The summed E-state index contributed by atoms with van der Waals surface area (Å²) >= 11 is 5.84. The fraction of sp³-hybridized carbons (Fsp3) is 0.278. The van der Waals surface area contributed by atoms with Gasteiger partial charge in [-0.25, -0.2) is 0 Å². The Balaban J connectivity index is 1.55. The normalized spacial score (nSPS) is 20.0. The van der Waals surface area contributed by atoms with Crippen molar-refractivity contribution in [3.8, 4) is 0 Å². The molecular weight excluding hydrogens is 369 g/mol. The number of oxime groups is 1. The monoisotopic (exact) mass is 384 g/mol. The zero-order valence-corrected chi connectivity index (χ0v) is 14.3. The van der Waals surface area contributed by atoms with Crippen molar-refractivity contribution in [2.45, 2.75) is 31.5 Å². The minimum absolute atomic E-state index is 0.0606. The van der Waals surface area contributed by atoms with Crippen molar-refractivity contribution >= 4 is 17.3 Å². The fourth-order valence-electron chi connectivity index (χ4n) is 2.50. The molecule has 1 atom stereocenters. The Morgan fingerprint density at radius 1 is 1.04 bits per heavy atom. The number of hydrogen-bond acceptors (Lipinski definition) is 4. The number of benzene rings is 2. The summed E-state index contributed by atoms with van der Waals surface area (Å²) in [6.07, 6.45) is -5.63. The van der Waals surface area contributed by atoms with Crippen molar-refractivity contribution in [3.05, 3.63) is 70.2 Å². The predicted molar refractivity (Wildman–Crippen MR) is 91.7 cm³/mol. The number of rotatable bonds is 5. The minimum Gasteiger partial charge on any atom is -0.350 e. The van der Waals surface area contributed by atoms with Gasteiger partial charge in [-0.2, -0.15) is 13.2 Å². The molecule has 0 amide bonds. The van der Waals surface area contributed by atoms with Gasteiger partial charge >= 0.3 is 12.0 Å². The first-order valence-corrected chi connectivity index (χ1v) is 8.23. The highest BCUT2D eigenvalue weighted by Gasteiger charge is 2.60. The van der Waals surface area contributed by atoms with E-state index in [2.05, 4.69) is 15.3 Å². The van der Waals surface area contributed by atoms with E-state index >= 15 is 0 Å². The lowest BCUT2D eigenvalue weighted by molar-refractivity contribution is -0.355. The van der Waals surface area contributed by atoms with Gasteiger partial charge in [0, 0.05) is 18.1 Å². The second-order valence-electron chi connectivity index (χ2n) is 6.02. The number of nitrogens with one attached hydrogen (secondary N) is 1. The molecule has 8 heteroatoms. The van der Waals surface area contributed by atoms with Crippen LogP contribution in [0, 0.1) is 0 Å². The van der Waals surface area contributed by atoms with E-state index in [0.717, 1.165) is 11.1 Å². The van der Waals surface area contributed by atoms with Crippen LogP contribution in [0.5, 0.6) is 0 Å². The highest BCUT2D eigenvalue weighted by Crippen LogP contribution is 2.38. The second kappa shape index (κ2) is 7.26. The van der Waals surface area contributed by atoms with Crippen molar-refractivity contribution in [1.29, 1.82) is 0 Å². The molecule has 0 saturated carbocycles. The third-order valence-corrected chi connectivity index (χ3v) is 4.27. The van der Waals surface area contributed by atoms with Crippen LogP contribution >= 0.6 is 11.6 Å². The lowest BCUT2D eigenvalue weighted by Gasteiger charge is -2.22. The topological polar surface area (TPSA) is 53.8 Å². The quantitative estimate of drug-likeness (QED) is 0.819. The Morgan fingerprint density at radius 3 is 2.08 bits per heavy atom. The summed E-state index contributed by atoms with van der Waals surface area (Å²) < 4.78 is 38.2. The molecule has 0 spiro atoms. The molecule has 2 aromatic rings. The smallest absolute Gasteiger partial charge is 0.350 e. The molecule has 0 aromatic heterocycles. The van der Waals surface area contributed by atoms with Gasteiger partial charge in [0.25, 0.3) is 0 Å². The van der Waals surface area contributed by atoms with Crippen LogP contribution in [-0.2, 0) is 17.9 Å². The minimum atomic E-state index is -4.90. The Kier molecular flexibility index (Phi) is 5.22.